The molecule has 0 bridgehead atoms. The SMILES string of the molecule is CC(C)C(CCO)NC(=O)c1cncn1-c1ccccc1. The van der Waals surface area contributed by atoms with Gasteiger partial charge in [-0.1, -0.05) is 32.0 Å². The van der Waals surface area contributed by atoms with Gasteiger partial charge in [0.05, 0.1) is 12.5 Å². The standard InChI is InChI=1S/C16H21N3O2/c1-12(2)14(8-9-20)18-16(21)15-10-17-11-19(15)13-6-4-3-5-7-13/h3-7,10-12,14,20H,8-9H2,1-2H3,(H,18,21). The quantitative estimate of drug-likeness (QED) is 0.854. The number of benzene rings is 1. The Bertz CT molecular complexity index is 578. The van der Waals surface area contributed by atoms with E-state index in [2.05, 4.69) is 10.3 Å². The summed E-state index contributed by atoms with van der Waals surface area (Å²) in [5.74, 6) is 0.0812. The molecule has 0 saturated heterocycles. The number of aromatic nitrogens is 2. The molecule has 0 fully saturated rings. The first-order chi connectivity index (χ1) is 10.1. The molecule has 5 heteroatoms. The Hall–Kier alpha value is -2.14. The molecule has 2 aromatic rings. The van der Waals surface area contributed by atoms with Crippen LogP contribution in [0.2, 0.25) is 0 Å². The van der Waals surface area contributed by atoms with E-state index in [9.17, 15) is 4.79 Å². The number of hydrogen-bond donors (Lipinski definition) is 2. The average Bonchev–Trinajstić information content (AvgIpc) is 2.97. The number of nitrogens with one attached hydrogen (secondary N) is 1. The van der Waals surface area contributed by atoms with Crippen molar-refractivity contribution >= 4 is 5.91 Å². The second kappa shape index (κ2) is 7.04. The summed E-state index contributed by atoms with van der Waals surface area (Å²) >= 11 is 0. The highest BCUT2D eigenvalue weighted by molar-refractivity contribution is 5.93. The van der Waals surface area contributed by atoms with Crippen molar-refractivity contribution in [1.29, 1.82) is 0 Å². The van der Waals surface area contributed by atoms with Gasteiger partial charge < -0.3 is 10.4 Å². The first kappa shape index (κ1) is 15.3. The zero-order valence-electron chi connectivity index (χ0n) is 12.4. The van der Waals surface area contributed by atoms with Crippen LogP contribution in [0, 0.1) is 5.92 Å². The maximum absolute atomic E-state index is 12.4. The third-order valence-electron chi connectivity index (χ3n) is 3.47. The van der Waals surface area contributed by atoms with Gasteiger partial charge in [-0.15, -0.1) is 0 Å². The first-order valence-electron chi connectivity index (χ1n) is 7.13. The lowest BCUT2D eigenvalue weighted by Crippen LogP contribution is -2.39. The Morgan fingerprint density at radius 2 is 2.05 bits per heavy atom. The molecule has 0 saturated carbocycles. The van der Waals surface area contributed by atoms with Crippen LogP contribution in [0.15, 0.2) is 42.9 Å². The number of aliphatic hydroxyl groups excluding tert-OH is 1. The summed E-state index contributed by atoms with van der Waals surface area (Å²) in [7, 11) is 0. The van der Waals surface area contributed by atoms with E-state index in [0.29, 0.717) is 12.1 Å². The molecule has 1 amide bonds. The van der Waals surface area contributed by atoms with Crippen molar-refractivity contribution in [3.8, 4) is 5.69 Å². The van der Waals surface area contributed by atoms with Crippen LogP contribution in [0.25, 0.3) is 5.69 Å². The summed E-state index contributed by atoms with van der Waals surface area (Å²) in [6.07, 6.45) is 3.72. The zero-order valence-corrected chi connectivity index (χ0v) is 12.4. The van der Waals surface area contributed by atoms with E-state index in [-0.39, 0.29) is 24.5 Å². The number of nitrogens with zero attached hydrogens (tertiary/aromatic N) is 2. The van der Waals surface area contributed by atoms with Gasteiger partial charge in [-0.2, -0.15) is 0 Å². The zero-order chi connectivity index (χ0) is 15.2. The average molecular weight is 287 g/mol. The Balaban J connectivity index is 2.19. The van der Waals surface area contributed by atoms with Gasteiger partial charge in [0.15, 0.2) is 0 Å². The van der Waals surface area contributed by atoms with Gasteiger partial charge in [0.1, 0.15) is 5.69 Å². The lowest BCUT2D eigenvalue weighted by atomic mass is 10.0. The molecule has 0 radical (unpaired) electrons. The summed E-state index contributed by atoms with van der Waals surface area (Å²) in [5.41, 5.74) is 1.38. The summed E-state index contributed by atoms with van der Waals surface area (Å²) in [6, 6.07) is 9.55. The molecule has 5 nitrogen and oxygen atoms in total. The van der Waals surface area contributed by atoms with Gasteiger partial charge in [-0.05, 0) is 24.5 Å². The maximum Gasteiger partial charge on any atom is 0.270 e. The van der Waals surface area contributed by atoms with Gasteiger partial charge in [-0.3, -0.25) is 9.36 Å². The lowest BCUT2D eigenvalue weighted by Gasteiger charge is -2.21. The van der Waals surface area contributed by atoms with Crippen LogP contribution in [0.4, 0.5) is 0 Å². The molecule has 0 spiro atoms. The minimum absolute atomic E-state index is 0.0541. The van der Waals surface area contributed by atoms with E-state index in [1.165, 1.54) is 0 Å². The third kappa shape index (κ3) is 3.70. The highest BCUT2D eigenvalue weighted by Crippen LogP contribution is 2.12. The van der Waals surface area contributed by atoms with Crippen LogP contribution in [0.1, 0.15) is 30.8 Å². The Morgan fingerprint density at radius 1 is 1.33 bits per heavy atom. The number of amides is 1. The molecule has 0 aliphatic heterocycles. The third-order valence-corrected chi connectivity index (χ3v) is 3.47. The molecular weight excluding hydrogens is 266 g/mol. The molecule has 21 heavy (non-hydrogen) atoms. The van der Waals surface area contributed by atoms with Crippen molar-refractivity contribution in [3.05, 3.63) is 48.5 Å². The van der Waals surface area contributed by atoms with Crippen LogP contribution in [0.3, 0.4) is 0 Å². The van der Waals surface area contributed by atoms with E-state index < -0.39 is 0 Å². The Labute approximate surface area is 124 Å². The first-order valence-corrected chi connectivity index (χ1v) is 7.13. The fourth-order valence-corrected chi connectivity index (χ4v) is 2.21. The van der Waals surface area contributed by atoms with E-state index in [4.69, 9.17) is 5.11 Å². The second-order valence-corrected chi connectivity index (χ2v) is 5.32. The molecule has 1 atom stereocenters. The lowest BCUT2D eigenvalue weighted by molar-refractivity contribution is 0.0909. The van der Waals surface area contributed by atoms with Crippen molar-refractivity contribution in [2.45, 2.75) is 26.3 Å². The van der Waals surface area contributed by atoms with Gasteiger partial charge >= 0.3 is 0 Å². The van der Waals surface area contributed by atoms with Crippen LogP contribution < -0.4 is 5.32 Å². The summed E-state index contributed by atoms with van der Waals surface area (Å²) < 4.78 is 1.76. The molecule has 1 heterocycles. The molecular formula is C16H21N3O2. The summed E-state index contributed by atoms with van der Waals surface area (Å²) in [5, 5.41) is 12.1. The van der Waals surface area contributed by atoms with Crippen molar-refractivity contribution in [1.82, 2.24) is 14.9 Å². The van der Waals surface area contributed by atoms with E-state index in [0.717, 1.165) is 5.69 Å². The molecule has 1 unspecified atom stereocenters. The van der Waals surface area contributed by atoms with Gasteiger partial charge in [0.25, 0.3) is 5.91 Å². The van der Waals surface area contributed by atoms with Crippen molar-refractivity contribution < 1.29 is 9.90 Å². The molecule has 1 aromatic carbocycles. The van der Waals surface area contributed by atoms with Crippen molar-refractivity contribution in [2.24, 2.45) is 5.92 Å². The highest BCUT2D eigenvalue weighted by atomic mass is 16.3. The number of aliphatic hydroxyl groups is 1. The fourth-order valence-electron chi connectivity index (χ4n) is 2.21. The normalized spacial score (nSPS) is 12.4. The predicted molar refractivity (Wildman–Crippen MR) is 81.4 cm³/mol. The van der Waals surface area contributed by atoms with Crippen LogP contribution in [-0.2, 0) is 0 Å². The predicted octanol–water partition coefficient (Wildman–Crippen LogP) is 2.01. The summed E-state index contributed by atoms with van der Waals surface area (Å²) in [6.45, 7) is 4.10. The highest BCUT2D eigenvalue weighted by Gasteiger charge is 2.19. The van der Waals surface area contributed by atoms with Crippen molar-refractivity contribution in [2.75, 3.05) is 6.61 Å². The monoisotopic (exact) mass is 287 g/mol. The largest absolute Gasteiger partial charge is 0.396 e. The number of carbonyl (C=O) groups is 1. The van der Waals surface area contributed by atoms with Gasteiger partial charge in [0.2, 0.25) is 0 Å². The molecule has 2 rings (SSSR count). The van der Waals surface area contributed by atoms with Crippen molar-refractivity contribution in [3.63, 3.8) is 0 Å². The van der Waals surface area contributed by atoms with Crippen LogP contribution in [0.5, 0.6) is 0 Å². The Kier molecular flexibility index (Phi) is 5.11. The van der Waals surface area contributed by atoms with E-state index in [1.807, 2.05) is 44.2 Å². The minimum atomic E-state index is -0.177. The number of carbonyl (C=O) groups excluding carboxylic acids is 1. The fraction of sp³-hybridized carbons (Fsp3) is 0.375. The minimum Gasteiger partial charge on any atom is -0.396 e. The van der Waals surface area contributed by atoms with Crippen LogP contribution in [-0.4, -0.2) is 33.2 Å². The number of para-hydroxylation sites is 1. The molecule has 1 aromatic heterocycles. The smallest absolute Gasteiger partial charge is 0.270 e. The van der Waals surface area contributed by atoms with E-state index in [1.54, 1.807) is 17.1 Å². The van der Waals surface area contributed by atoms with Gasteiger partial charge in [-0.25, -0.2) is 4.98 Å². The topological polar surface area (TPSA) is 67.2 Å². The maximum atomic E-state index is 12.4. The second-order valence-electron chi connectivity index (χ2n) is 5.32. The molecule has 112 valence electrons. The van der Waals surface area contributed by atoms with Crippen LogP contribution >= 0.6 is 0 Å². The number of rotatable bonds is 6. The van der Waals surface area contributed by atoms with Gasteiger partial charge in [0, 0.05) is 18.3 Å². The number of imidazole rings is 1. The van der Waals surface area contributed by atoms with E-state index >= 15 is 0 Å². The molecule has 2 N–H and O–H groups in total. The number of hydrogen-bond acceptors (Lipinski definition) is 3. The molecule has 0 aliphatic carbocycles. The summed E-state index contributed by atoms with van der Waals surface area (Å²) in [4.78, 5) is 16.5. The molecule has 0 aliphatic rings. The Morgan fingerprint density at radius 3 is 2.67 bits per heavy atom.